The number of aldehydes is 1. The summed E-state index contributed by atoms with van der Waals surface area (Å²) in [5.41, 5.74) is -2.05. The zero-order chi connectivity index (χ0) is 42.2. The molecule has 314 valence electrons. The highest BCUT2D eigenvalue weighted by molar-refractivity contribution is 7.91. The Morgan fingerprint density at radius 1 is 1.03 bits per heavy atom. The zero-order valence-electron chi connectivity index (χ0n) is 33.1. The number of rotatable bonds is 14. The van der Waals surface area contributed by atoms with E-state index in [-0.39, 0.29) is 44.7 Å². The number of benzene rings is 1. The zero-order valence-corrected chi connectivity index (χ0v) is 34.0. The Hall–Kier alpha value is -5.30. The summed E-state index contributed by atoms with van der Waals surface area (Å²) in [5, 5.41) is 5.89. The van der Waals surface area contributed by atoms with Gasteiger partial charge in [0.2, 0.25) is 33.6 Å². The summed E-state index contributed by atoms with van der Waals surface area (Å²) in [5.74, 6) is -2.39. The molecule has 0 bridgehead atoms. The van der Waals surface area contributed by atoms with Gasteiger partial charge in [-0.3, -0.25) is 23.9 Å². The van der Waals surface area contributed by atoms with E-state index in [1.54, 1.807) is 45.0 Å². The van der Waals surface area contributed by atoms with E-state index >= 15 is 0 Å². The molecule has 3 N–H and O–H groups in total. The average Bonchev–Trinajstić information content (AvgIpc) is 3.81. The maximum Gasteiger partial charge on any atom is 0.408 e. The first kappa shape index (κ1) is 42.3. The number of hydrogen-bond donors (Lipinski definition) is 3. The molecule has 2 aliphatic carbocycles. The number of nitrogens with one attached hydrogen (secondary N) is 3. The second kappa shape index (κ2) is 16.5. The lowest BCUT2D eigenvalue weighted by Crippen LogP contribution is -2.66. The van der Waals surface area contributed by atoms with Gasteiger partial charge in [0.1, 0.15) is 41.4 Å². The molecular formula is C39H50N6O12S. The summed E-state index contributed by atoms with van der Waals surface area (Å²) in [6.45, 7) is 8.60. The van der Waals surface area contributed by atoms with Crippen LogP contribution in [0.5, 0.6) is 11.6 Å². The molecule has 4 aliphatic rings. The standard InChI is InChI=1S/C39H50N6O12S/c1-22-17-39(18-22,36(50)43-58(52,53)28-8-9-28)42-33(48)31-15-27(56-34-29-10-7-25(54-5)13-23(29)11-12-40-34)20-45(31)35(49)30(41-37(51)57-38(2,3)4)16-32(47)44-19-26(55-6)14-24(44)21-46/h7,10-13,21,24,26-28,30-31H,1,8-9,14-20H2,2-6H3,(H,41,51)(H,42,48)(H,43,50)/t24-,26-,27?,30+,31+/m1/s1. The molecule has 4 fully saturated rings. The molecule has 5 amide bonds. The summed E-state index contributed by atoms with van der Waals surface area (Å²) < 4.78 is 50.2. The van der Waals surface area contributed by atoms with Crippen LogP contribution in [0.1, 0.15) is 65.7 Å². The van der Waals surface area contributed by atoms with E-state index in [0.717, 1.165) is 10.3 Å². The number of nitrogens with zero attached hydrogens (tertiary/aromatic N) is 3. The molecule has 1 unspecified atom stereocenters. The number of likely N-dealkylation sites (tertiary alicyclic amines) is 2. The van der Waals surface area contributed by atoms with Crippen molar-refractivity contribution < 1.29 is 56.1 Å². The Kier molecular flexibility index (Phi) is 12.0. The third-order valence-corrected chi connectivity index (χ3v) is 12.5. The van der Waals surface area contributed by atoms with Crippen molar-refractivity contribution in [2.75, 3.05) is 27.3 Å². The maximum absolute atomic E-state index is 14.7. The minimum Gasteiger partial charge on any atom is -0.497 e. The predicted molar refractivity (Wildman–Crippen MR) is 207 cm³/mol. The van der Waals surface area contributed by atoms with E-state index in [1.165, 1.54) is 25.3 Å². The van der Waals surface area contributed by atoms with Crippen molar-refractivity contribution >= 4 is 56.8 Å². The van der Waals surface area contributed by atoms with Crippen LogP contribution in [0.15, 0.2) is 42.6 Å². The van der Waals surface area contributed by atoms with Crippen LogP contribution in [0.2, 0.25) is 0 Å². The van der Waals surface area contributed by atoms with Crippen molar-refractivity contribution in [1.82, 2.24) is 30.1 Å². The third-order valence-electron chi connectivity index (χ3n) is 10.6. The number of alkyl carbamates (subject to hydrolysis) is 1. The molecule has 5 atom stereocenters. The summed E-state index contributed by atoms with van der Waals surface area (Å²) in [6.07, 6.45) is 0.122. The smallest absolute Gasteiger partial charge is 0.408 e. The molecule has 1 aromatic heterocycles. The SMILES string of the molecule is C=C1CC(NC(=O)[C@@H]2CC(Oc3nccc4cc(OC)ccc34)CN2C(=O)[C@H](CC(=O)N2C[C@H](OC)C[C@@H]2C=O)NC(=O)OC(C)(C)C)(C(=O)NS(=O)(=O)C2CC2)C1. The van der Waals surface area contributed by atoms with Crippen LogP contribution in [0.25, 0.3) is 10.8 Å². The number of hydrogen-bond acceptors (Lipinski definition) is 13. The number of methoxy groups -OCH3 is 2. The Bertz CT molecular complexity index is 2090. The van der Waals surface area contributed by atoms with E-state index in [2.05, 4.69) is 26.9 Å². The van der Waals surface area contributed by atoms with Crippen LogP contribution in [0.3, 0.4) is 0 Å². The number of carbonyl (C=O) groups excluding carboxylic acids is 6. The monoisotopic (exact) mass is 826 g/mol. The van der Waals surface area contributed by atoms with Gasteiger partial charge in [0.25, 0.3) is 5.91 Å². The molecule has 0 radical (unpaired) electrons. The van der Waals surface area contributed by atoms with Crippen molar-refractivity contribution in [1.29, 1.82) is 0 Å². The topological polar surface area (TPSA) is 229 Å². The van der Waals surface area contributed by atoms with Crippen LogP contribution in [0, 0.1) is 0 Å². The van der Waals surface area contributed by atoms with Crippen molar-refractivity contribution in [3.8, 4) is 11.6 Å². The number of fused-ring (bicyclic) bond motifs is 1. The minimum absolute atomic E-state index is 0.0394. The van der Waals surface area contributed by atoms with Gasteiger partial charge in [0.05, 0.1) is 37.5 Å². The van der Waals surface area contributed by atoms with Crippen LogP contribution in [-0.4, -0.2) is 133 Å². The minimum atomic E-state index is -3.97. The predicted octanol–water partition coefficient (Wildman–Crippen LogP) is 1.50. The van der Waals surface area contributed by atoms with Gasteiger partial charge in [-0.1, -0.05) is 12.2 Å². The van der Waals surface area contributed by atoms with Gasteiger partial charge in [-0.25, -0.2) is 18.2 Å². The second-order valence-corrected chi connectivity index (χ2v) is 18.2. The van der Waals surface area contributed by atoms with E-state index in [1.807, 2.05) is 0 Å². The highest BCUT2D eigenvalue weighted by Crippen LogP contribution is 2.38. The van der Waals surface area contributed by atoms with Crippen LogP contribution in [0.4, 0.5) is 4.79 Å². The highest BCUT2D eigenvalue weighted by Gasteiger charge is 2.53. The van der Waals surface area contributed by atoms with Crippen LogP contribution in [-0.2, 0) is 43.5 Å². The van der Waals surface area contributed by atoms with Gasteiger partial charge in [-0.15, -0.1) is 0 Å². The number of amides is 5. The average molecular weight is 827 g/mol. The third kappa shape index (κ3) is 9.36. The van der Waals surface area contributed by atoms with Gasteiger partial charge in [-0.2, -0.15) is 0 Å². The Labute approximate surface area is 336 Å². The van der Waals surface area contributed by atoms with Gasteiger partial charge in [-0.05, 0) is 63.3 Å². The molecule has 2 saturated carbocycles. The lowest BCUT2D eigenvalue weighted by molar-refractivity contribution is -0.144. The lowest BCUT2D eigenvalue weighted by atomic mass is 9.72. The molecule has 6 rings (SSSR count). The Balaban J connectivity index is 1.31. The molecule has 19 heteroatoms. The number of aromatic nitrogens is 1. The fraction of sp³-hybridized carbons (Fsp3) is 0.564. The number of carbonyl (C=O) groups is 6. The lowest BCUT2D eigenvalue weighted by Gasteiger charge is -2.43. The Morgan fingerprint density at radius 2 is 1.74 bits per heavy atom. The first-order chi connectivity index (χ1) is 27.3. The van der Waals surface area contributed by atoms with E-state index in [4.69, 9.17) is 18.9 Å². The molecule has 2 aliphatic heterocycles. The van der Waals surface area contributed by atoms with E-state index < -0.39 is 92.9 Å². The van der Waals surface area contributed by atoms with Gasteiger partial charge in [0.15, 0.2) is 0 Å². The first-order valence-corrected chi connectivity index (χ1v) is 20.6. The fourth-order valence-electron chi connectivity index (χ4n) is 7.55. The fourth-order valence-corrected chi connectivity index (χ4v) is 8.93. The van der Waals surface area contributed by atoms with Crippen molar-refractivity contribution in [3.05, 3.63) is 42.6 Å². The summed E-state index contributed by atoms with van der Waals surface area (Å²) in [6, 6.07) is 3.29. The summed E-state index contributed by atoms with van der Waals surface area (Å²) in [7, 11) is -0.979. The summed E-state index contributed by atoms with van der Waals surface area (Å²) in [4.78, 5) is 88.4. The van der Waals surface area contributed by atoms with Gasteiger partial charge >= 0.3 is 6.09 Å². The largest absolute Gasteiger partial charge is 0.497 e. The number of ether oxygens (including phenoxy) is 4. The second-order valence-electron chi connectivity index (χ2n) is 16.3. The van der Waals surface area contributed by atoms with Gasteiger partial charge < -0.3 is 44.2 Å². The highest BCUT2D eigenvalue weighted by atomic mass is 32.2. The van der Waals surface area contributed by atoms with Crippen molar-refractivity contribution in [2.45, 2.75) is 112 Å². The van der Waals surface area contributed by atoms with E-state index in [9.17, 15) is 37.2 Å². The molecular weight excluding hydrogens is 777 g/mol. The normalized spacial score (nSPS) is 23.4. The quantitative estimate of drug-likeness (QED) is 0.182. The first-order valence-electron chi connectivity index (χ1n) is 19.1. The number of pyridine rings is 1. The van der Waals surface area contributed by atoms with E-state index in [0.29, 0.717) is 35.8 Å². The van der Waals surface area contributed by atoms with Gasteiger partial charge in [0, 0.05) is 50.9 Å². The molecule has 58 heavy (non-hydrogen) atoms. The number of sulfonamides is 1. The van der Waals surface area contributed by atoms with Crippen LogP contribution < -0.4 is 24.8 Å². The molecule has 2 aromatic rings. The van der Waals surface area contributed by atoms with Crippen molar-refractivity contribution in [2.24, 2.45) is 0 Å². The maximum atomic E-state index is 14.7. The molecule has 2 saturated heterocycles. The molecule has 3 heterocycles. The van der Waals surface area contributed by atoms with Crippen LogP contribution >= 0.6 is 0 Å². The molecule has 18 nitrogen and oxygen atoms in total. The summed E-state index contributed by atoms with van der Waals surface area (Å²) >= 11 is 0. The van der Waals surface area contributed by atoms with Crippen molar-refractivity contribution in [3.63, 3.8) is 0 Å². The molecule has 0 spiro atoms. The molecule has 1 aromatic carbocycles. The Morgan fingerprint density at radius 3 is 2.36 bits per heavy atom.